The summed E-state index contributed by atoms with van der Waals surface area (Å²) >= 11 is 5.98. The minimum Gasteiger partial charge on any atom is -0.340 e. The Kier molecular flexibility index (Phi) is 4.34. The molecule has 0 saturated heterocycles. The van der Waals surface area contributed by atoms with E-state index in [0.717, 1.165) is 47.6 Å². The summed E-state index contributed by atoms with van der Waals surface area (Å²) in [5, 5.41) is 4.11. The van der Waals surface area contributed by atoms with E-state index in [1.807, 2.05) is 36.4 Å². The van der Waals surface area contributed by atoms with Crippen molar-refractivity contribution in [1.82, 2.24) is 15.0 Å². The summed E-state index contributed by atoms with van der Waals surface area (Å²) in [6.45, 7) is 0. The number of rotatable bonds is 3. The SMILES string of the molecule is NC1CCc2nc(-c3ccncc3)nc(Nc3ccc(Cl)cc3)c2C1. The Morgan fingerprint density at radius 1 is 1.04 bits per heavy atom. The lowest BCUT2D eigenvalue weighted by atomic mass is 9.92. The van der Waals surface area contributed by atoms with E-state index in [0.29, 0.717) is 10.8 Å². The van der Waals surface area contributed by atoms with E-state index in [-0.39, 0.29) is 6.04 Å². The summed E-state index contributed by atoms with van der Waals surface area (Å²) in [5.41, 5.74) is 10.2. The molecule has 6 heteroatoms. The van der Waals surface area contributed by atoms with Gasteiger partial charge in [0.1, 0.15) is 5.82 Å². The standard InChI is InChI=1S/C19H18ClN5/c20-13-1-4-15(5-2-13)23-19-16-11-14(21)3-6-17(16)24-18(25-19)12-7-9-22-10-8-12/h1-2,4-5,7-10,14H,3,6,11,21H2,(H,23,24,25). The minimum atomic E-state index is 0.147. The van der Waals surface area contributed by atoms with Gasteiger partial charge in [-0.2, -0.15) is 0 Å². The molecule has 5 nitrogen and oxygen atoms in total. The molecule has 3 N–H and O–H groups in total. The summed E-state index contributed by atoms with van der Waals surface area (Å²) in [6.07, 6.45) is 6.09. The van der Waals surface area contributed by atoms with E-state index in [1.165, 1.54) is 0 Å². The van der Waals surface area contributed by atoms with Crippen LogP contribution in [0.4, 0.5) is 11.5 Å². The maximum atomic E-state index is 6.17. The average molecular weight is 352 g/mol. The third kappa shape index (κ3) is 3.48. The smallest absolute Gasteiger partial charge is 0.161 e. The molecule has 25 heavy (non-hydrogen) atoms. The van der Waals surface area contributed by atoms with Gasteiger partial charge in [-0.25, -0.2) is 9.97 Å². The van der Waals surface area contributed by atoms with E-state index in [4.69, 9.17) is 27.3 Å². The molecule has 0 aliphatic heterocycles. The molecule has 1 aromatic carbocycles. The Balaban J connectivity index is 1.78. The highest BCUT2D eigenvalue weighted by Gasteiger charge is 2.22. The molecule has 1 unspecified atom stereocenters. The second kappa shape index (κ2) is 6.78. The topological polar surface area (TPSA) is 76.7 Å². The Hall–Kier alpha value is -2.50. The predicted molar refractivity (Wildman–Crippen MR) is 100.0 cm³/mol. The van der Waals surface area contributed by atoms with Gasteiger partial charge in [-0.05, 0) is 55.7 Å². The van der Waals surface area contributed by atoms with Crippen LogP contribution in [0.15, 0.2) is 48.8 Å². The summed E-state index contributed by atoms with van der Waals surface area (Å²) in [7, 11) is 0. The van der Waals surface area contributed by atoms with Crippen LogP contribution in [-0.4, -0.2) is 21.0 Å². The van der Waals surface area contributed by atoms with Crippen LogP contribution < -0.4 is 11.1 Å². The fraction of sp³-hybridized carbons (Fsp3) is 0.211. The van der Waals surface area contributed by atoms with Gasteiger partial charge in [-0.3, -0.25) is 4.98 Å². The number of aromatic nitrogens is 3. The van der Waals surface area contributed by atoms with Crippen LogP contribution in [0, 0.1) is 0 Å². The highest BCUT2D eigenvalue weighted by Crippen LogP contribution is 2.30. The summed E-state index contributed by atoms with van der Waals surface area (Å²) in [5.74, 6) is 1.52. The highest BCUT2D eigenvalue weighted by atomic mass is 35.5. The van der Waals surface area contributed by atoms with Gasteiger partial charge >= 0.3 is 0 Å². The summed E-state index contributed by atoms with van der Waals surface area (Å²) in [4.78, 5) is 13.6. The highest BCUT2D eigenvalue weighted by molar-refractivity contribution is 6.30. The zero-order valence-electron chi connectivity index (χ0n) is 13.6. The van der Waals surface area contributed by atoms with Gasteiger partial charge in [-0.15, -0.1) is 0 Å². The lowest BCUT2D eigenvalue weighted by Gasteiger charge is -2.24. The molecule has 2 aromatic heterocycles. The first kappa shape index (κ1) is 16.0. The number of hydrogen-bond acceptors (Lipinski definition) is 5. The number of aryl methyl sites for hydroxylation is 1. The van der Waals surface area contributed by atoms with Gasteiger partial charge in [0.15, 0.2) is 5.82 Å². The van der Waals surface area contributed by atoms with Crippen LogP contribution in [-0.2, 0) is 12.8 Å². The summed E-state index contributed by atoms with van der Waals surface area (Å²) < 4.78 is 0. The molecule has 0 fully saturated rings. The third-order valence-corrected chi connectivity index (χ3v) is 4.61. The van der Waals surface area contributed by atoms with Crippen molar-refractivity contribution >= 4 is 23.1 Å². The zero-order chi connectivity index (χ0) is 17.2. The normalized spacial score (nSPS) is 16.3. The van der Waals surface area contributed by atoms with E-state index in [2.05, 4.69) is 10.3 Å². The van der Waals surface area contributed by atoms with Gasteiger partial charge < -0.3 is 11.1 Å². The van der Waals surface area contributed by atoms with Crippen LogP contribution in [0.1, 0.15) is 17.7 Å². The second-order valence-electron chi connectivity index (χ2n) is 6.19. The van der Waals surface area contributed by atoms with Crippen LogP contribution in [0.25, 0.3) is 11.4 Å². The number of nitrogens with one attached hydrogen (secondary N) is 1. The van der Waals surface area contributed by atoms with Crippen molar-refractivity contribution in [2.45, 2.75) is 25.3 Å². The third-order valence-electron chi connectivity index (χ3n) is 4.36. The first-order valence-electron chi connectivity index (χ1n) is 8.27. The number of hydrogen-bond donors (Lipinski definition) is 2. The number of pyridine rings is 1. The van der Waals surface area contributed by atoms with Gasteiger partial charge in [0, 0.05) is 46.0 Å². The van der Waals surface area contributed by atoms with Crippen molar-refractivity contribution < 1.29 is 0 Å². The number of benzene rings is 1. The molecule has 126 valence electrons. The number of halogens is 1. The number of nitrogens with two attached hydrogens (primary N) is 1. The Morgan fingerprint density at radius 3 is 2.56 bits per heavy atom. The molecule has 1 aliphatic carbocycles. The molecule has 0 saturated carbocycles. The zero-order valence-corrected chi connectivity index (χ0v) is 14.4. The van der Waals surface area contributed by atoms with Gasteiger partial charge in [0.2, 0.25) is 0 Å². The largest absolute Gasteiger partial charge is 0.340 e. The fourth-order valence-corrected chi connectivity index (χ4v) is 3.17. The van der Waals surface area contributed by atoms with Crippen molar-refractivity contribution in [2.75, 3.05) is 5.32 Å². The molecule has 0 radical (unpaired) electrons. The fourth-order valence-electron chi connectivity index (χ4n) is 3.04. The average Bonchev–Trinajstić information content (AvgIpc) is 2.64. The van der Waals surface area contributed by atoms with Gasteiger partial charge in [0.05, 0.1) is 0 Å². The molecular weight excluding hydrogens is 334 g/mol. The Bertz CT molecular complexity index is 880. The van der Waals surface area contributed by atoms with E-state index < -0.39 is 0 Å². The number of fused-ring (bicyclic) bond motifs is 1. The van der Waals surface area contributed by atoms with Crippen LogP contribution in [0.5, 0.6) is 0 Å². The van der Waals surface area contributed by atoms with E-state index >= 15 is 0 Å². The Labute approximate surface area is 151 Å². The van der Waals surface area contributed by atoms with Crippen LogP contribution in [0.3, 0.4) is 0 Å². The summed E-state index contributed by atoms with van der Waals surface area (Å²) in [6, 6.07) is 11.6. The first-order chi connectivity index (χ1) is 12.2. The molecule has 1 aliphatic rings. The monoisotopic (exact) mass is 351 g/mol. The van der Waals surface area contributed by atoms with Crippen LogP contribution in [0.2, 0.25) is 5.02 Å². The molecule has 2 heterocycles. The second-order valence-corrected chi connectivity index (χ2v) is 6.63. The maximum absolute atomic E-state index is 6.17. The molecule has 0 bridgehead atoms. The lowest BCUT2D eigenvalue weighted by Crippen LogP contribution is -2.29. The van der Waals surface area contributed by atoms with Crippen molar-refractivity contribution in [3.63, 3.8) is 0 Å². The number of anilines is 2. The molecule has 0 amide bonds. The number of nitrogens with zero attached hydrogens (tertiary/aromatic N) is 3. The predicted octanol–water partition coefficient (Wildman–Crippen LogP) is 3.75. The lowest BCUT2D eigenvalue weighted by molar-refractivity contribution is 0.566. The maximum Gasteiger partial charge on any atom is 0.161 e. The van der Waals surface area contributed by atoms with E-state index in [9.17, 15) is 0 Å². The van der Waals surface area contributed by atoms with Crippen molar-refractivity contribution in [2.24, 2.45) is 5.73 Å². The van der Waals surface area contributed by atoms with Crippen molar-refractivity contribution in [3.8, 4) is 11.4 Å². The quantitative estimate of drug-likeness (QED) is 0.751. The molecule has 1 atom stereocenters. The van der Waals surface area contributed by atoms with Crippen LogP contribution >= 0.6 is 11.6 Å². The Morgan fingerprint density at radius 2 is 1.80 bits per heavy atom. The van der Waals surface area contributed by atoms with E-state index in [1.54, 1.807) is 12.4 Å². The van der Waals surface area contributed by atoms with Gasteiger partial charge in [-0.1, -0.05) is 11.6 Å². The van der Waals surface area contributed by atoms with Crippen molar-refractivity contribution in [1.29, 1.82) is 0 Å². The van der Waals surface area contributed by atoms with Gasteiger partial charge in [0.25, 0.3) is 0 Å². The molecule has 3 aromatic rings. The van der Waals surface area contributed by atoms with Crippen molar-refractivity contribution in [3.05, 3.63) is 65.1 Å². The molecule has 0 spiro atoms. The molecular formula is C19H18ClN5. The minimum absolute atomic E-state index is 0.147. The first-order valence-corrected chi connectivity index (χ1v) is 8.65. The molecule has 4 rings (SSSR count).